The summed E-state index contributed by atoms with van der Waals surface area (Å²) in [5.74, 6) is 0. The van der Waals surface area contributed by atoms with E-state index in [1.807, 2.05) is 0 Å². The number of alkyl halides is 2. The monoisotopic (exact) mass is 185 g/mol. The van der Waals surface area contributed by atoms with Crippen molar-refractivity contribution in [1.29, 1.82) is 0 Å². The van der Waals surface area contributed by atoms with Gasteiger partial charge in [0.15, 0.2) is 0 Å². The summed E-state index contributed by atoms with van der Waals surface area (Å²) in [6, 6.07) is 0. The van der Waals surface area contributed by atoms with Crippen LogP contribution < -0.4 is 0 Å². The van der Waals surface area contributed by atoms with Crippen LogP contribution in [-0.2, 0) is 10.1 Å². The average molecular weight is 185 g/mol. The van der Waals surface area contributed by atoms with Crippen molar-refractivity contribution in [1.82, 2.24) is 0 Å². The van der Waals surface area contributed by atoms with Gasteiger partial charge in [-0.1, -0.05) is 0 Å². The Hall–Kier alpha value is 0.730. The molecule has 8 heteroatoms. The van der Waals surface area contributed by atoms with Gasteiger partial charge in [0.25, 0.3) is 0 Å². The summed E-state index contributed by atoms with van der Waals surface area (Å²) in [4.78, 5) is 0. The Morgan fingerprint density at radius 1 is 1.40 bits per heavy atom. The van der Waals surface area contributed by atoms with E-state index >= 15 is 0 Å². The predicted octanol–water partition coefficient (Wildman–Crippen LogP) is -0.921. The van der Waals surface area contributed by atoms with E-state index in [0.717, 1.165) is 0 Å². The molecule has 0 aromatic rings. The smallest absolute Gasteiger partial charge is 0.389 e. The normalized spacial score (nSPS) is 12.4. The molecule has 0 aliphatic heterocycles. The van der Waals surface area contributed by atoms with Gasteiger partial charge in [0.05, 0.1) is 0 Å². The van der Waals surface area contributed by atoms with Crippen molar-refractivity contribution in [2.75, 3.05) is 6.61 Å². The molecule has 0 bridgehead atoms. The van der Waals surface area contributed by atoms with Crippen LogP contribution in [0.5, 0.6) is 0 Å². The molecule has 0 aromatic heterocycles. The number of rotatable bonds is 2. The van der Waals surface area contributed by atoms with Crippen LogP contribution in [0.15, 0.2) is 0 Å². The number of hydrogen-bond donors (Lipinski definition) is 2. The van der Waals surface area contributed by atoms with E-state index in [2.05, 4.69) is 0 Å². The van der Waals surface area contributed by atoms with Gasteiger partial charge in [0.2, 0.25) is 0 Å². The van der Waals surface area contributed by atoms with Crippen molar-refractivity contribution in [3.63, 3.8) is 0 Å². The van der Waals surface area contributed by atoms with Gasteiger partial charge in [-0.3, -0.25) is 4.55 Å². The minimum atomic E-state index is -5.44. The molecule has 0 aliphatic carbocycles. The second-order valence-electron chi connectivity index (χ2n) is 1.27. The van der Waals surface area contributed by atoms with Crippen LogP contribution in [0.4, 0.5) is 8.78 Å². The van der Waals surface area contributed by atoms with Crippen molar-refractivity contribution < 1.29 is 26.9 Å². The Kier molecular flexibility index (Phi) is 5.24. The van der Waals surface area contributed by atoms with E-state index < -0.39 is 22.0 Å². The van der Waals surface area contributed by atoms with Crippen LogP contribution in [0.2, 0.25) is 0 Å². The molecule has 0 spiro atoms. The molecule has 0 unspecified atom stereocenters. The first kappa shape index (κ1) is 13.3. The number of hydrogen-bond acceptors (Lipinski definition) is 3. The molecule has 57 valence electrons. The first-order valence-corrected chi connectivity index (χ1v) is 3.21. The summed E-state index contributed by atoms with van der Waals surface area (Å²) in [5, 5.41) is 3.20. The van der Waals surface area contributed by atoms with Gasteiger partial charge in [0, 0.05) is 29.6 Å². The summed E-state index contributed by atoms with van der Waals surface area (Å²) < 4.78 is 49.8. The summed E-state index contributed by atoms with van der Waals surface area (Å²) in [7, 11) is -5.44. The van der Waals surface area contributed by atoms with Gasteiger partial charge >= 0.3 is 15.4 Å². The number of aliphatic hydroxyl groups excluding tert-OH is 1. The molecule has 0 atom stereocenters. The van der Waals surface area contributed by atoms with Gasteiger partial charge in [-0.15, -0.1) is 0 Å². The first-order valence-electron chi connectivity index (χ1n) is 1.77. The van der Waals surface area contributed by atoms with Crippen LogP contribution in [-0.4, -0.2) is 59.5 Å². The Balaban J connectivity index is 0. The Morgan fingerprint density at radius 3 is 1.70 bits per heavy atom. The van der Waals surface area contributed by atoms with E-state index in [0.29, 0.717) is 0 Å². The van der Waals surface area contributed by atoms with E-state index in [4.69, 9.17) is 9.66 Å². The maximum atomic E-state index is 11.6. The van der Waals surface area contributed by atoms with Crippen LogP contribution in [0.3, 0.4) is 0 Å². The molecule has 1 radical (unpaired) electrons. The molecule has 0 saturated carbocycles. The van der Waals surface area contributed by atoms with Crippen molar-refractivity contribution in [2.24, 2.45) is 0 Å². The van der Waals surface area contributed by atoms with Gasteiger partial charge in [-0.25, -0.2) is 0 Å². The quantitative estimate of drug-likeness (QED) is 0.431. The Bertz CT molecular complexity index is 187. The summed E-state index contributed by atoms with van der Waals surface area (Å²) in [6.45, 7) is -1.91. The van der Waals surface area contributed by atoms with Crippen LogP contribution in [0, 0.1) is 0 Å². The molecule has 0 aliphatic rings. The molecule has 10 heavy (non-hydrogen) atoms. The molecule has 2 N–H and O–H groups in total. The molecule has 0 amide bonds. The second kappa shape index (κ2) is 3.93. The van der Waals surface area contributed by atoms with Gasteiger partial charge in [-0.2, -0.15) is 17.2 Å². The predicted molar refractivity (Wildman–Crippen MR) is 29.3 cm³/mol. The third kappa shape index (κ3) is 3.22. The van der Waals surface area contributed by atoms with Crippen molar-refractivity contribution in [3.05, 3.63) is 0 Å². The second-order valence-corrected chi connectivity index (χ2v) is 2.82. The fraction of sp³-hybridized carbons (Fsp3) is 1.00. The van der Waals surface area contributed by atoms with Crippen LogP contribution in [0.25, 0.3) is 0 Å². The summed E-state index contributed by atoms with van der Waals surface area (Å²) in [6.07, 6.45) is 0. The molecule has 0 fully saturated rings. The standard InChI is InChI=1S/C2H4F2O4S.Na/c3-2(4,1-5)9(6,7)8;/h5H,1H2,(H,6,7,8);. The first-order chi connectivity index (χ1) is 3.81. The zero-order valence-electron chi connectivity index (χ0n) is 5.08. The minimum absolute atomic E-state index is 0. The molecule has 0 aromatic carbocycles. The van der Waals surface area contributed by atoms with Crippen LogP contribution in [0.1, 0.15) is 0 Å². The van der Waals surface area contributed by atoms with E-state index in [1.165, 1.54) is 0 Å². The topological polar surface area (TPSA) is 74.6 Å². The zero-order chi connectivity index (χ0) is 7.71. The molecule has 0 rings (SSSR count). The molecule has 0 saturated heterocycles. The molecule has 4 nitrogen and oxygen atoms in total. The summed E-state index contributed by atoms with van der Waals surface area (Å²) >= 11 is 0. The zero-order valence-corrected chi connectivity index (χ0v) is 7.90. The van der Waals surface area contributed by atoms with Crippen molar-refractivity contribution in [2.45, 2.75) is 5.25 Å². The van der Waals surface area contributed by atoms with Crippen molar-refractivity contribution >= 4 is 39.7 Å². The SMILES string of the molecule is O=S(=O)(O)C(F)(F)CO.[Na]. The van der Waals surface area contributed by atoms with E-state index in [-0.39, 0.29) is 29.6 Å². The third-order valence-electron chi connectivity index (χ3n) is 0.561. The Labute approximate surface area is 78.3 Å². The largest absolute Gasteiger partial charge is 0.392 e. The molecular weight excluding hydrogens is 181 g/mol. The van der Waals surface area contributed by atoms with Crippen LogP contribution >= 0.6 is 0 Å². The fourth-order valence-corrected chi connectivity index (χ4v) is 0.245. The van der Waals surface area contributed by atoms with E-state index in [9.17, 15) is 17.2 Å². The minimum Gasteiger partial charge on any atom is -0.389 e. The fourth-order valence-electron chi connectivity index (χ4n) is 0.0816. The molecule has 0 heterocycles. The van der Waals surface area contributed by atoms with Crippen molar-refractivity contribution in [3.8, 4) is 0 Å². The maximum absolute atomic E-state index is 11.6. The Morgan fingerprint density at radius 2 is 1.70 bits per heavy atom. The average Bonchev–Trinajstić information content (AvgIpc) is 1.64. The third-order valence-corrected chi connectivity index (χ3v) is 1.45. The van der Waals surface area contributed by atoms with Gasteiger partial charge in [-0.05, 0) is 0 Å². The number of aliphatic hydroxyl groups is 1. The van der Waals surface area contributed by atoms with Gasteiger partial charge < -0.3 is 5.11 Å². The number of halogens is 2. The van der Waals surface area contributed by atoms with E-state index in [1.54, 1.807) is 0 Å². The maximum Gasteiger partial charge on any atom is 0.392 e. The van der Waals surface area contributed by atoms with Gasteiger partial charge in [0.1, 0.15) is 6.61 Å². The summed E-state index contributed by atoms with van der Waals surface area (Å²) in [5.41, 5.74) is 0. The molecular formula is C2H4F2NaO4S.